The van der Waals surface area contributed by atoms with Crippen molar-refractivity contribution in [3.8, 4) is 0 Å². The summed E-state index contributed by atoms with van der Waals surface area (Å²) in [7, 11) is 0. The average Bonchev–Trinajstić information content (AvgIpc) is 3.39. The molecule has 1 aromatic heterocycles. The van der Waals surface area contributed by atoms with Crippen LogP contribution in [0.4, 0.5) is 0 Å². The van der Waals surface area contributed by atoms with Crippen molar-refractivity contribution in [1.29, 1.82) is 0 Å². The molecule has 1 saturated carbocycles. The molecule has 0 unspecified atom stereocenters. The molecule has 1 aliphatic heterocycles. The van der Waals surface area contributed by atoms with Crippen LogP contribution in [0.3, 0.4) is 0 Å². The number of ether oxygens (including phenoxy) is 1. The largest absolute Gasteiger partial charge is 0.367 e. The molecule has 26 heavy (non-hydrogen) atoms. The number of nitrogens with zero attached hydrogens (tertiary/aromatic N) is 3. The molecular weight excluding hydrogens is 330 g/mol. The summed E-state index contributed by atoms with van der Waals surface area (Å²) in [6.45, 7) is 3.81. The lowest BCUT2D eigenvalue weighted by Gasteiger charge is -2.32. The summed E-state index contributed by atoms with van der Waals surface area (Å²) in [5.41, 5.74) is 2.25. The Kier molecular flexibility index (Phi) is 5.02. The summed E-state index contributed by atoms with van der Waals surface area (Å²) in [5, 5.41) is 4.01. The Bertz CT molecular complexity index is 769. The number of carbonyl (C=O) groups excluding carboxylic acids is 1. The maximum Gasteiger partial charge on any atom is 0.252 e. The average molecular weight is 355 g/mol. The van der Waals surface area contributed by atoms with E-state index in [1.165, 1.54) is 5.56 Å². The summed E-state index contributed by atoms with van der Waals surface area (Å²) < 4.78 is 11.2. The fourth-order valence-electron chi connectivity index (χ4n) is 3.43. The number of piperidine rings is 1. The smallest absolute Gasteiger partial charge is 0.252 e. The standard InChI is InChI=1S/C20H25N3O3/c1-14-4-2-5-15(10-14)11-19(24)23-9-3-6-17(12-23)25-13-18-21-20(22-26-18)16-7-8-16/h2,4-5,10,16-17H,3,6-9,11-13H2,1H3/t17-/m1/s1. The van der Waals surface area contributed by atoms with Gasteiger partial charge in [-0.25, -0.2) is 0 Å². The summed E-state index contributed by atoms with van der Waals surface area (Å²) >= 11 is 0. The molecule has 2 aromatic rings. The Morgan fingerprint density at radius 2 is 2.23 bits per heavy atom. The van der Waals surface area contributed by atoms with Crippen molar-refractivity contribution < 1.29 is 14.1 Å². The highest BCUT2D eigenvalue weighted by Crippen LogP contribution is 2.38. The minimum Gasteiger partial charge on any atom is -0.367 e. The number of rotatable bonds is 6. The van der Waals surface area contributed by atoms with Crippen LogP contribution in [-0.2, 0) is 22.6 Å². The number of hydrogen-bond acceptors (Lipinski definition) is 5. The predicted molar refractivity (Wildman–Crippen MR) is 95.5 cm³/mol. The van der Waals surface area contributed by atoms with Crippen LogP contribution >= 0.6 is 0 Å². The van der Waals surface area contributed by atoms with Gasteiger partial charge in [0.05, 0.1) is 12.5 Å². The van der Waals surface area contributed by atoms with Gasteiger partial charge in [-0.3, -0.25) is 4.79 Å². The maximum absolute atomic E-state index is 12.6. The Hall–Kier alpha value is -2.21. The molecule has 2 fully saturated rings. The lowest BCUT2D eigenvalue weighted by Crippen LogP contribution is -2.43. The van der Waals surface area contributed by atoms with Crippen LogP contribution in [0.1, 0.15) is 54.4 Å². The molecule has 1 aliphatic carbocycles. The van der Waals surface area contributed by atoms with Crippen LogP contribution in [0, 0.1) is 6.92 Å². The van der Waals surface area contributed by atoms with Crippen LogP contribution in [0.25, 0.3) is 0 Å². The Morgan fingerprint density at radius 3 is 3.04 bits per heavy atom. The van der Waals surface area contributed by atoms with Gasteiger partial charge in [0.1, 0.15) is 6.61 Å². The van der Waals surface area contributed by atoms with Gasteiger partial charge < -0.3 is 14.2 Å². The molecule has 0 N–H and O–H groups in total. The van der Waals surface area contributed by atoms with Gasteiger partial charge in [0.15, 0.2) is 5.82 Å². The van der Waals surface area contributed by atoms with E-state index < -0.39 is 0 Å². The van der Waals surface area contributed by atoms with E-state index in [-0.39, 0.29) is 12.0 Å². The van der Waals surface area contributed by atoms with Crippen molar-refractivity contribution in [3.63, 3.8) is 0 Å². The monoisotopic (exact) mass is 355 g/mol. The number of hydrogen-bond donors (Lipinski definition) is 0. The van der Waals surface area contributed by atoms with Gasteiger partial charge in [0.2, 0.25) is 5.91 Å². The molecule has 1 aromatic carbocycles. The zero-order valence-corrected chi connectivity index (χ0v) is 15.2. The van der Waals surface area contributed by atoms with Gasteiger partial charge in [-0.15, -0.1) is 0 Å². The highest BCUT2D eigenvalue weighted by molar-refractivity contribution is 5.79. The highest BCUT2D eigenvalue weighted by Gasteiger charge is 2.29. The molecule has 1 saturated heterocycles. The zero-order valence-electron chi connectivity index (χ0n) is 15.2. The van der Waals surface area contributed by atoms with E-state index in [9.17, 15) is 4.79 Å². The summed E-state index contributed by atoms with van der Waals surface area (Å²) in [6, 6.07) is 8.13. The highest BCUT2D eigenvalue weighted by atomic mass is 16.5. The summed E-state index contributed by atoms with van der Waals surface area (Å²) in [6.07, 6.45) is 4.70. The first-order chi connectivity index (χ1) is 12.7. The van der Waals surface area contributed by atoms with Gasteiger partial charge in [0.25, 0.3) is 5.89 Å². The van der Waals surface area contributed by atoms with Crippen LogP contribution in [-0.4, -0.2) is 40.1 Å². The first-order valence-corrected chi connectivity index (χ1v) is 9.45. The van der Waals surface area contributed by atoms with Gasteiger partial charge >= 0.3 is 0 Å². The number of aromatic nitrogens is 2. The van der Waals surface area contributed by atoms with E-state index in [4.69, 9.17) is 9.26 Å². The molecule has 0 bridgehead atoms. The number of amides is 1. The molecular formula is C20H25N3O3. The van der Waals surface area contributed by atoms with E-state index in [1.54, 1.807) is 0 Å². The second-order valence-corrected chi connectivity index (χ2v) is 7.40. The third-order valence-electron chi connectivity index (χ3n) is 5.04. The Balaban J connectivity index is 1.28. The van der Waals surface area contributed by atoms with Crippen LogP contribution in [0.15, 0.2) is 28.8 Å². The second kappa shape index (κ2) is 7.58. The van der Waals surface area contributed by atoms with Crippen molar-refractivity contribution in [2.24, 2.45) is 0 Å². The minimum absolute atomic E-state index is 0.0292. The fraction of sp³-hybridized carbons (Fsp3) is 0.550. The molecule has 4 rings (SSSR count). The van der Waals surface area contributed by atoms with E-state index in [2.05, 4.69) is 16.2 Å². The molecule has 1 amide bonds. The molecule has 2 aliphatic rings. The Labute approximate surface area is 153 Å². The van der Waals surface area contributed by atoms with Crippen molar-refractivity contribution in [2.45, 2.75) is 57.7 Å². The van der Waals surface area contributed by atoms with E-state index in [1.807, 2.05) is 30.0 Å². The fourth-order valence-corrected chi connectivity index (χ4v) is 3.43. The van der Waals surface area contributed by atoms with Crippen molar-refractivity contribution in [2.75, 3.05) is 13.1 Å². The zero-order chi connectivity index (χ0) is 17.9. The molecule has 138 valence electrons. The van der Waals surface area contributed by atoms with Gasteiger partial charge in [0, 0.05) is 19.0 Å². The Morgan fingerprint density at radius 1 is 1.35 bits per heavy atom. The number of benzene rings is 1. The first-order valence-electron chi connectivity index (χ1n) is 9.45. The van der Waals surface area contributed by atoms with E-state index in [0.717, 1.165) is 43.6 Å². The van der Waals surface area contributed by atoms with Crippen LogP contribution < -0.4 is 0 Å². The maximum atomic E-state index is 12.6. The number of likely N-dealkylation sites (tertiary alicyclic amines) is 1. The number of aryl methyl sites for hydroxylation is 1. The molecule has 2 heterocycles. The van der Waals surface area contributed by atoms with Crippen LogP contribution in [0.2, 0.25) is 0 Å². The summed E-state index contributed by atoms with van der Waals surface area (Å²) in [5.74, 6) is 1.99. The first kappa shape index (κ1) is 17.2. The molecule has 6 heteroatoms. The predicted octanol–water partition coefficient (Wildman–Crippen LogP) is 3.01. The lowest BCUT2D eigenvalue weighted by atomic mass is 10.1. The van der Waals surface area contributed by atoms with Crippen molar-refractivity contribution in [3.05, 3.63) is 47.1 Å². The van der Waals surface area contributed by atoms with Gasteiger partial charge in [-0.1, -0.05) is 35.0 Å². The molecule has 0 radical (unpaired) electrons. The topological polar surface area (TPSA) is 68.5 Å². The van der Waals surface area contributed by atoms with Crippen molar-refractivity contribution in [1.82, 2.24) is 15.0 Å². The van der Waals surface area contributed by atoms with Gasteiger partial charge in [-0.2, -0.15) is 4.98 Å². The van der Waals surface area contributed by atoms with E-state index >= 15 is 0 Å². The molecule has 1 atom stereocenters. The SMILES string of the molecule is Cc1cccc(CC(=O)N2CCC[C@@H](OCc3nc(C4CC4)no3)C2)c1. The summed E-state index contributed by atoms with van der Waals surface area (Å²) in [4.78, 5) is 18.9. The second-order valence-electron chi connectivity index (χ2n) is 7.40. The quantitative estimate of drug-likeness (QED) is 0.797. The number of carbonyl (C=O) groups is 1. The van der Waals surface area contributed by atoms with Crippen LogP contribution in [0.5, 0.6) is 0 Å². The minimum atomic E-state index is 0.0292. The van der Waals surface area contributed by atoms with E-state index in [0.29, 0.717) is 31.4 Å². The van der Waals surface area contributed by atoms with Crippen molar-refractivity contribution >= 4 is 5.91 Å². The van der Waals surface area contributed by atoms with Gasteiger partial charge in [-0.05, 0) is 38.2 Å². The normalized spacial score (nSPS) is 20.3. The third-order valence-corrected chi connectivity index (χ3v) is 5.04. The lowest BCUT2D eigenvalue weighted by molar-refractivity contribution is -0.135. The molecule has 6 nitrogen and oxygen atoms in total. The molecule has 0 spiro atoms. The third kappa shape index (κ3) is 4.30.